The van der Waals surface area contributed by atoms with Crippen molar-refractivity contribution in [2.24, 2.45) is 0 Å². The number of nitrogens with two attached hydrogens (primary N) is 1. The normalized spacial score (nSPS) is 9.53. The van der Waals surface area contributed by atoms with Crippen molar-refractivity contribution in [2.75, 3.05) is 5.73 Å². The molecule has 0 radical (unpaired) electrons. The molecule has 0 fully saturated rings. The second-order valence-electron chi connectivity index (χ2n) is 3.49. The monoisotopic (exact) mass is 245 g/mol. The zero-order valence-corrected chi connectivity index (χ0v) is 9.63. The number of benzene rings is 2. The van der Waals surface area contributed by atoms with E-state index in [9.17, 15) is 4.39 Å². The van der Waals surface area contributed by atoms with Crippen LogP contribution in [0.3, 0.4) is 0 Å². The summed E-state index contributed by atoms with van der Waals surface area (Å²) in [4.78, 5) is 0. The van der Waals surface area contributed by atoms with Crippen LogP contribution in [-0.4, -0.2) is 0 Å². The summed E-state index contributed by atoms with van der Waals surface area (Å²) in [5.74, 6) is 5.38. The Hall–Kier alpha value is -1.98. The molecule has 2 aromatic carbocycles. The predicted molar refractivity (Wildman–Crippen MR) is 68.2 cm³/mol. The molecule has 0 heterocycles. The van der Waals surface area contributed by atoms with Crippen LogP contribution in [0, 0.1) is 17.7 Å². The molecule has 0 aliphatic carbocycles. The van der Waals surface area contributed by atoms with Gasteiger partial charge in [-0.1, -0.05) is 23.4 Å². The lowest BCUT2D eigenvalue weighted by Crippen LogP contribution is -1.90. The maximum Gasteiger partial charge on any atom is 0.124 e. The summed E-state index contributed by atoms with van der Waals surface area (Å²) >= 11 is 5.76. The van der Waals surface area contributed by atoms with Gasteiger partial charge in [0.05, 0.1) is 5.56 Å². The maximum absolute atomic E-state index is 13.0. The third-order valence-electron chi connectivity index (χ3n) is 2.20. The molecule has 0 amide bonds. The third kappa shape index (κ3) is 2.99. The molecule has 17 heavy (non-hydrogen) atoms. The lowest BCUT2D eigenvalue weighted by molar-refractivity contribution is 0.627. The molecule has 3 heteroatoms. The van der Waals surface area contributed by atoms with E-state index in [1.807, 2.05) is 0 Å². The largest absolute Gasteiger partial charge is 0.398 e. The summed E-state index contributed by atoms with van der Waals surface area (Å²) in [6.45, 7) is 0. The number of anilines is 1. The maximum atomic E-state index is 13.0. The molecular weight excluding hydrogens is 237 g/mol. The average molecular weight is 246 g/mol. The molecule has 0 spiro atoms. The van der Waals surface area contributed by atoms with Gasteiger partial charge in [-0.25, -0.2) is 4.39 Å². The molecule has 2 rings (SSSR count). The molecule has 0 saturated carbocycles. The highest BCUT2D eigenvalue weighted by molar-refractivity contribution is 6.30. The quantitative estimate of drug-likeness (QED) is 0.558. The molecule has 84 valence electrons. The number of halogens is 2. The fraction of sp³-hybridized carbons (Fsp3) is 0. The van der Waals surface area contributed by atoms with Gasteiger partial charge in [0.2, 0.25) is 0 Å². The predicted octanol–water partition coefficient (Wildman–Crippen LogP) is 3.46. The highest BCUT2D eigenvalue weighted by Gasteiger charge is 1.97. The first kappa shape index (κ1) is 11.5. The van der Waals surface area contributed by atoms with E-state index in [2.05, 4.69) is 11.8 Å². The topological polar surface area (TPSA) is 26.0 Å². The van der Waals surface area contributed by atoms with Gasteiger partial charge in [0.15, 0.2) is 0 Å². The van der Waals surface area contributed by atoms with Gasteiger partial charge >= 0.3 is 0 Å². The Kier molecular flexibility index (Phi) is 3.32. The summed E-state index contributed by atoms with van der Waals surface area (Å²) in [7, 11) is 0. The van der Waals surface area contributed by atoms with E-state index < -0.39 is 0 Å². The van der Waals surface area contributed by atoms with Crippen LogP contribution in [0.5, 0.6) is 0 Å². The first-order valence-electron chi connectivity index (χ1n) is 4.98. The highest BCUT2D eigenvalue weighted by atomic mass is 35.5. The van der Waals surface area contributed by atoms with E-state index in [-0.39, 0.29) is 5.82 Å². The Bertz CT molecular complexity index is 594. The lowest BCUT2D eigenvalue weighted by Gasteiger charge is -1.97. The minimum atomic E-state index is -0.348. The Labute approximate surface area is 104 Å². The fourth-order valence-electron chi connectivity index (χ4n) is 1.31. The summed E-state index contributed by atoms with van der Waals surface area (Å²) in [6, 6.07) is 11.2. The van der Waals surface area contributed by atoms with Crippen molar-refractivity contribution >= 4 is 17.3 Å². The van der Waals surface area contributed by atoms with E-state index in [0.29, 0.717) is 16.3 Å². The fourth-order valence-corrected chi connectivity index (χ4v) is 1.44. The van der Waals surface area contributed by atoms with Gasteiger partial charge in [0, 0.05) is 16.3 Å². The SMILES string of the molecule is Nc1ccc(F)cc1C#Cc1ccc(Cl)cc1. The van der Waals surface area contributed by atoms with Gasteiger partial charge in [0.25, 0.3) is 0 Å². The molecule has 0 bridgehead atoms. The molecule has 1 nitrogen and oxygen atoms in total. The Morgan fingerprint density at radius 2 is 1.71 bits per heavy atom. The molecule has 0 aromatic heterocycles. The van der Waals surface area contributed by atoms with Crippen LogP contribution in [0.15, 0.2) is 42.5 Å². The van der Waals surface area contributed by atoms with Crippen LogP contribution < -0.4 is 5.73 Å². The van der Waals surface area contributed by atoms with Crippen molar-refractivity contribution in [1.82, 2.24) is 0 Å². The highest BCUT2D eigenvalue weighted by Crippen LogP contribution is 2.12. The first-order valence-corrected chi connectivity index (χ1v) is 5.35. The van der Waals surface area contributed by atoms with Crippen molar-refractivity contribution in [3.63, 3.8) is 0 Å². The molecule has 0 saturated heterocycles. The zero-order chi connectivity index (χ0) is 12.3. The molecular formula is C14H9ClFN. The molecule has 0 atom stereocenters. The lowest BCUT2D eigenvalue weighted by atomic mass is 10.1. The number of nitrogen functional groups attached to an aromatic ring is 1. The molecule has 2 aromatic rings. The van der Waals surface area contributed by atoms with Gasteiger partial charge in [-0.3, -0.25) is 0 Å². The number of hydrogen-bond acceptors (Lipinski definition) is 1. The molecule has 0 unspecified atom stereocenters. The van der Waals surface area contributed by atoms with Crippen LogP contribution in [0.2, 0.25) is 5.02 Å². The molecule has 0 aliphatic rings. The van der Waals surface area contributed by atoms with Crippen LogP contribution in [0.4, 0.5) is 10.1 Å². The summed E-state index contributed by atoms with van der Waals surface area (Å²) in [5, 5.41) is 0.654. The summed E-state index contributed by atoms with van der Waals surface area (Å²) < 4.78 is 13.0. The smallest absolute Gasteiger partial charge is 0.124 e. The third-order valence-corrected chi connectivity index (χ3v) is 2.45. The van der Waals surface area contributed by atoms with Crippen LogP contribution in [-0.2, 0) is 0 Å². The van der Waals surface area contributed by atoms with Gasteiger partial charge in [-0.15, -0.1) is 0 Å². The van der Waals surface area contributed by atoms with Gasteiger partial charge in [-0.2, -0.15) is 0 Å². The Morgan fingerprint density at radius 3 is 2.41 bits per heavy atom. The van der Waals surface area contributed by atoms with E-state index in [4.69, 9.17) is 17.3 Å². The Balaban J connectivity index is 2.32. The van der Waals surface area contributed by atoms with Crippen LogP contribution >= 0.6 is 11.6 Å². The van der Waals surface area contributed by atoms with E-state index in [1.165, 1.54) is 18.2 Å². The standard InChI is InChI=1S/C14H9ClFN/c15-12-5-2-10(3-6-12)1-4-11-9-13(16)7-8-14(11)17/h2-3,5-9H,17H2. The average Bonchev–Trinajstić information content (AvgIpc) is 2.32. The van der Waals surface area contributed by atoms with Crippen molar-refractivity contribution in [2.45, 2.75) is 0 Å². The summed E-state index contributed by atoms with van der Waals surface area (Å²) in [5.41, 5.74) is 7.44. The van der Waals surface area contributed by atoms with Gasteiger partial charge in [0.1, 0.15) is 5.82 Å². The van der Waals surface area contributed by atoms with E-state index >= 15 is 0 Å². The van der Waals surface area contributed by atoms with Crippen molar-refractivity contribution < 1.29 is 4.39 Å². The number of hydrogen-bond donors (Lipinski definition) is 1. The van der Waals surface area contributed by atoms with E-state index in [1.54, 1.807) is 24.3 Å². The number of rotatable bonds is 0. The van der Waals surface area contributed by atoms with Crippen LogP contribution in [0.25, 0.3) is 0 Å². The van der Waals surface area contributed by atoms with Crippen molar-refractivity contribution in [3.8, 4) is 11.8 Å². The van der Waals surface area contributed by atoms with Gasteiger partial charge < -0.3 is 5.73 Å². The Morgan fingerprint density at radius 1 is 1.00 bits per heavy atom. The first-order chi connectivity index (χ1) is 8.15. The second-order valence-corrected chi connectivity index (χ2v) is 3.92. The van der Waals surface area contributed by atoms with E-state index in [0.717, 1.165) is 5.56 Å². The molecule has 0 aliphatic heterocycles. The van der Waals surface area contributed by atoms with Crippen molar-refractivity contribution in [1.29, 1.82) is 0 Å². The molecule has 2 N–H and O–H groups in total. The van der Waals surface area contributed by atoms with Crippen molar-refractivity contribution in [3.05, 3.63) is 64.4 Å². The van der Waals surface area contributed by atoms with Crippen LogP contribution in [0.1, 0.15) is 11.1 Å². The second kappa shape index (κ2) is 4.90. The summed E-state index contributed by atoms with van der Waals surface area (Å²) in [6.07, 6.45) is 0. The van der Waals surface area contributed by atoms with Gasteiger partial charge in [-0.05, 0) is 42.5 Å². The minimum absolute atomic E-state index is 0.348. The zero-order valence-electron chi connectivity index (χ0n) is 8.87. The minimum Gasteiger partial charge on any atom is -0.398 e.